The van der Waals surface area contributed by atoms with Gasteiger partial charge in [-0.15, -0.1) is 0 Å². The van der Waals surface area contributed by atoms with E-state index in [4.69, 9.17) is 46.4 Å². The van der Waals surface area contributed by atoms with Crippen molar-refractivity contribution in [2.24, 2.45) is 0 Å². The normalized spacial score (nSPS) is 10.6. The molecule has 60 valence electrons. The molecule has 2 nitrogen and oxygen atoms in total. The van der Waals surface area contributed by atoms with Gasteiger partial charge in [0.15, 0.2) is 10.7 Å². The van der Waals surface area contributed by atoms with Crippen molar-refractivity contribution in [2.75, 3.05) is 0 Å². The summed E-state index contributed by atoms with van der Waals surface area (Å²) in [4.78, 5) is 6.68. The van der Waals surface area contributed by atoms with Crippen LogP contribution in [0.4, 0.5) is 0 Å². The second-order valence-electron chi connectivity index (χ2n) is 1.67. The van der Waals surface area contributed by atoms with Crippen LogP contribution in [-0.2, 0) is 0 Å². The minimum Gasteiger partial charge on any atom is -0.218 e. The maximum Gasteiger partial charge on any atom is 0.167 e. The third kappa shape index (κ3) is 2.64. The fraction of sp³-hybridized carbons (Fsp3) is 0.200. The fourth-order valence-electron chi connectivity index (χ4n) is 0.504. The Morgan fingerprint density at radius 2 is 1.55 bits per heavy atom. The number of nitrogens with zero attached hydrogens (tertiary/aromatic N) is 2. The molecule has 0 saturated carbocycles. The van der Waals surface area contributed by atoms with Gasteiger partial charge in [-0.3, -0.25) is 0 Å². The molecule has 0 amide bonds. The summed E-state index contributed by atoms with van der Waals surface area (Å²) >= 11 is 22.0. The first-order valence-corrected chi connectivity index (χ1v) is 4.20. The number of aromatic nitrogens is 2. The first kappa shape index (κ1) is 9.33. The Kier molecular flexibility index (Phi) is 3.19. The van der Waals surface area contributed by atoms with E-state index in [9.17, 15) is 0 Å². The van der Waals surface area contributed by atoms with E-state index in [1.54, 1.807) is 0 Å². The van der Waals surface area contributed by atoms with Gasteiger partial charge in [0.2, 0.25) is 0 Å². The van der Waals surface area contributed by atoms with Crippen LogP contribution in [0.3, 0.4) is 0 Å². The molecular formula is C5H2Cl4N2. The van der Waals surface area contributed by atoms with Crippen LogP contribution in [-0.4, -0.2) is 9.97 Å². The minimum absolute atomic E-state index is 0.214. The highest BCUT2D eigenvalue weighted by Gasteiger charge is 2.08. The summed E-state index contributed by atoms with van der Waals surface area (Å²) in [6, 6.07) is 1.41. The van der Waals surface area contributed by atoms with E-state index in [1.165, 1.54) is 6.07 Å². The van der Waals surface area contributed by atoms with E-state index in [0.717, 1.165) is 0 Å². The molecule has 0 bridgehead atoms. The van der Waals surface area contributed by atoms with E-state index in [-0.39, 0.29) is 16.1 Å². The third-order valence-corrected chi connectivity index (χ3v) is 1.65. The van der Waals surface area contributed by atoms with E-state index >= 15 is 0 Å². The lowest BCUT2D eigenvalue weighted by molar-refractivity contribution is 1.01. The molecule has 0 aliphatic heterocycles. The van der Waals surface area contributed by atoms with Gasteiger partial charge in [-0.25, -0.2) is 9.97 Å². The quantitative estimate of drug-likeness (QED) is 0.548. The van der Waals surface area contributed by atoms with Crippen molar-refractivity contribution in [3.05, 3.63) is 22.2 Å². The van der Waals surface area contributed by atoms with Gasteiger partial charge in [-0.1, -0.05) is 46.4 Å². The van der Waals surface area contributed by atoms with Crippen LogP contribution < -0.4 is 0 Å². The maximum absolute atomic E-state index is 5.54. The van der Waals surface area contributed by atoms with Gasteiger partial charge in [0, 0.05) is 6.07 Å². The summed E-state index contributed by atoms with van der Waals surface area (Å²) in [5.74, 6) is 0.214. The molecule has 0 spiro atoms. The third-order valence-electron chi connectivity index (χ3n) is 0.876. The Labute approximate surface area is 83.4 Å². The van der Waals surface area contributed by atoms with E-state index in [0.29, 0.717) is 0 Å². The van der Waals surface area contributed by atoms with Crippen LogP contribution >= 0.6 is 46.4 Å². The van der Waals surface area contributed by atoms with Crippen LogP contribution in [0.25, 0.3) is 0 Å². The predicted octanol–water partition coefficient (Wildman–Crippen LogP) is 3.26. The molecule has 0 saturated heterocycles. The van der Waals surface area contributed by atoms with Crippen molar-refractivity contribution >= 4 is 46.4 Å². The topological polar surface area (TPSA) is 25.8 Å². The molecule has 1 rings (SSSR count). The van der Waals surface area contributed by atoms with Gasteiger partial charge in [-0.05, 0) is 0 Å². The summed E-state index contributed by atoms with van der Waals surface area (Å²) in [5.41, 5.74) is 0. The van der Waals surface area contributed by atoms with Crippen molar-refractivity contribution < 1.29 is 0 Å². The SMILES string of the molecule is Clc1cc(Cl)nc(C(Cl)Cl)n1. The summed E-state index contributed by atoms with van der Waals surface area (Å²) in [5, 5.41) is 0.456. The monoisotopic (exact) mass is 230 g/mol. The van der Waals surface area contributed by atoms with Gasteiger partial charge in [0.1, 0.15) is 10.3 Å². The Hall–Kier alpha value is 0.240. The summed E-state index contributed by atoms with van der Waals surface area (Å²) in [6.45, 7) is 0. The molecule has 0 aliphatic carbocycles. The minimum atomic E-state index is -0.800. The maximum atomic E-state index is 5.54. The van der Waals surface area contributed by atoms with E-state index < -0.39 is 4.84 Å². The molecule has 0 radical (unpaired) electrons. The Morgan fingerprint density at radius 1 is 1.09 bits per heavy atom. The van der Waals surface area contributed by atoms with Crippen LogP contribution in [0.2, 0.25) is 10.3 Å². The molecule has 1 aromatic heterocycles. The highest BCUT2D eigenvalue weighted by atomic mass is 35.5. The zero-order chi connectivity index (χ0) is 8.43. The summed E-state index contributed by atoms with van der Waals surface area (Å²) in [6.07, 6.45) is 0. The second kappa shape index (κ2) is 3.76. The molecule has 0 atom stereocenters. The van der Waals surface area contributed by atoms with Crippen molar-refractivity contribution in [2.45, 2.75) is 4.84 Å². The Balaban J connectivity index is 3.08. The Bertz CT molecular complexity index is 242. The highest BCUT2D eigenvalue weighted by molar-refractivity contribution is 6.43. The second-order valence-corrected chi connectivity index (χ2v) is 3.54. The average molecular weight is 232 g/mol. The molecule has 0 fully saturated rings. The van der Waals surface area contributed by atoms with Crippen LogP contribution in [0, 0.1) is 0 Å². The number of hydrogen-bond acceptors (Lipinski definition) is 2. The lowest BCUT2D eigenvalue weighted by atomic mass is 10.6. The smallest absolute Gasteiger partial charge is 0.167 e. The van der Waals surface area contributed by atoms with Crippen molar-refractivity contribution in [1.82, 2.24) is 9.97 Å². The molecule has 0 unspecified atom stereocenters. The van der Waals surface area contributed by atoms with Crippen LogP contribution in [0.5, 0.6) is 0 Å². The number of halogens is 4. The summed E-state index contributed by atoms with van der Waals surface area (Å²) < 4.78 is 0. The molecule has 11 heavy (non-hydrogen) atoms. The van der Waals surface area contributed by atoms with Crippen molar-refractivity contribution in [3.63, 3.8) is 0 Å². The highest BCUT2D eigenvalue weighted by Crippen LogP contribution is 2.23. The molecule has 0 N–H and O–H groups in total. The molecule has 6 heteroatoms. The van der Waals surface area contributed by atoms with Gasteiger partial charge in [-0.2, -0.15) is 0 Å². The van der Waals surface area contributed by atoms with Gasteiger partial charge < -0.3 is 0 Å². The Morgan fingerprint density at radius 3 is 1.91 bits per heavy atom. The van der Waals surface area contributed by atoms with Crippen LogP contribution in [0.15, 0.2) is 6.07 Å². The first-order valence-electron chi connectivity index (χ1n) is 2.57. The molecule has 1 heterocycles. The molecule has 0 aromatic carbocycles. The van der Waals surface area contributed by atoms with E-state index in [2.05, 4.69) is 9.97 Å². The van der Waals surface area contributed by atoms with Crippen molar-refractivity contribution in [1.29, 1.82) is 0 Å². The largest absolute Gasteiger partial charge is 0.218 e. The molecule has 0 aliphatic rings. The predicted molar refractivity (Wildman–Crippen MR) is 46.5 cm³/mol. The average Bonchev–Trinajstić information content (AvgIpc) is 1.85. The zero-order valence-corrected chi connectivity index (χ0v) is 8.08. The van der Waals surface area contributed by atoms with Crippen molar-refractivity contribution in [3.8, 4) is 0 Å². The molecule has 1 aromatic rings. The summed E-state index contributed by atoms with van der Waals surface area (Å²) in [7, 11) is 0. The number of hydrogen-bond donors (Lipinski definition) is 0. The van der Waals surface area contributed by atoms with E-state index in [1.807, 2.05) is 0 Å². The van der Waals surface area contributed by atoms with Gasteiger partial charge in [0.25, 0.3) is 0 Å². The lowest BCUT2D eigenvalue weighted by Crippen LogP contribution is -1.93. The zero-order valence-electron chi connectivity index (χ0n) is 5.06. The van der Waals surface area contributed by atoms with Crippen LogP contribution in [0.1, 0.15) is 10.7 Å². The standard InChI is InChI=1S/C5H2Cl4N2/c6-2-1-3(7)11-5(10-2)4(8)9/h1,4H. The number of alkyl halides is 2. The fourth-order valence-corrected chi connectivity index (χ4v) is 1.14. The first-order chi connectivity index (χ1) is 5.09. The number of rotatable bonds is 1. The van der Waals surface area contributed by atoms with Gasteiger partial charge in [0.05, 0.1) is 0 Å². The van der Waals surface area contributed by atoms with Gasteiger partial charge >= 0.3 is 0 Å². The lowest BCUT2D eigenvalue weighted by Gasteiger charge is -1.99. The molecular weight excluding hydrogens is 230 g/mol.